The van der Waals surface area contributed by atoms with Crippen molar-refractivity contribution in [1.29, 1.82) is 0 Å². The van der Waals surface area contributed by atoms with Crippen LogP contribution >= 0.6 is 0 Å². The van der Waals surface area contributed by atoms with Gasteiger partial charge in [-0.15, -0.1) is 6.58 Å². The molecular formula is C21H28O2. The standard InChI is InChI=1S/C21H28O2/c1-4-13-5-9-18-16-6-7-17-14(8-10-19(23-3)20(17)22)15(16)11-12-21(13,18)2/h4,8,10,13,15-16,18,22H,1,5-7,9,11-12H2,2-3H3. The highest BCUT2D eigenvalue weighted by Gasteiger charge is 2.53. The normalized spacial score (nSPS) is 38.3. The summed E-state index contributed by atoms with van der Waals surface area (Å²) in [7, 11) is 1.63. The first-order chi connectivity index (χ1) is 11.1. The third-order valence-corrected chi connectivity index (χ3v) is 7.42. The molecule has 0 saturated heterocycles. The topological polar surface area (TPSA) is 29.5 Å². The second-order valence-electron chi connectivity index (χ2n) is 8.06. The van der Waals surface area contributed by atoms with Crippen LogP contribution in [0, 0.1) is 23.2 Å². The van der Waals surface area contributed by atoms with E-state index < -0.39 is 0 Å². The van der Waals surface area contributed by atoms with Gasteiger partial charge in [0, 0.05) is 5.56 Å². The van der Waals surface area contributed by atoms with Gasteiger partial charge >= 0.3 is 0 Å². The molecule has 4 rings (SSSR count). The van der Waals surface area contributed by atoms with Crippen LogP contribution in [-0.2, 0) is 6.42 Å². The molecule has 1 aromatic rings. The maximum Gasteiger partial charge on any atom is 0.161 e. The van der Waals surface area contributed by atoms with Gasteiger partial charge < -0.3 is 9.84 Å². The van der Waals surface area contributed by atoms with E-state index in [2.05, 4.69) is 25.6 Å². The number of phenols is 1. The minimum atomic E-state index is 0.382. The molecule has 5 atom stereocenters. The number of hydrogen-bond donors (Lipinski definition) is 1. The van der Waals surface area contributed by atoms with Crippen molar-refractivity contribution in [2.45, 2.75) is 51.4 Å². The number of fused-ring (bicyclic) bond motifs is 5. The van der Waals surface area contributed by atoms with Gasteiger partial charge in [0.05, 0.1) is 7.11 Å². The van der Waals surface area contributed by atoms with Crippen molar-refractivity contribution < 1.29 is 9.84 Å². The molecule has 0 aromatic heterocycles. The summed E-state index contributed by atoms with van der Waals surface area (Å²) in [6.45, 7) is 6.61. The molecular weight excluding hydrogens is 284 g/mol. The van der Waals surface area contributed by atoms with Crippen LogP contribution in [0.4, 0.5) is 0 Å². The van der Waals surface area contributed by atoms with Crippen LogP contribution in [0.15, 0.2) is 24.8 Å². The lowest BCUT2D eigenvalue weighted by Crippen LogP contribution is -2.41. The average Bonchev–Trinajstić information content (AvgIpc) is 2.91. The Labute approximate surface area is 139 Å². The molecule has 0 radical (unpaired) electrons. The van der Waals surface area contributed by atoms with E-state index in [1.54, 1.807) is 7.11 Å². The summed E-state index contributed by atoms with van der Waals surface area (Å²) in [5.74, 6) is 3.92. The van der Waals surface area contributed by atoms with E-state index in [0.717, 1.165) is 23.8 Å². The van der Waals surface area contributed by atoms with Gasteiger partial charge in [-0.2, -0.15) is 0 Å². The van der Waals surface area contributed by atoms with Crippen LogP contribution in [0.2, 0.25) is 0 Å². The monoisotopic (exact) mass is 312 g/mol. The average molecular weight is 312 g/mol. The molecule has 2 fully saturated rings. The number of allylic oxidation sites excluding steroid dienone is 1. The Kier molecular flexibility index (Phi) is 3.48. The molecule has 23 heavy (non-hydrogen) atoms. The maximum absolute atomic E-state index is 10.5. The van der Waals surface area contributed by atoms with E-state index in [9.17, 15) is 5.11 Å². The Bertz CT molecular complexity index is 635. The third kappa shape index (κ3) is 2.00. The predicted octanol–water partition coefficient (Wildman–Crippen LogP) is 5.06. The third-order valence-electron chi connectivity index (χ3n) is 7.42. The van der Waals surface area contributed by atoms with Crippen molar-refractivity contribution in [3.05, 3.63) is 35.9 Å². The summed E-state index contributed by atoms with van der Waals surface area (Å²) in [4.78, 5) is 0. The zero-order valence-corrected chi connectivity index (χ0v) is 14.3. The molecule has 2 heteroatoms. The van der Waals surface area contributed by atoms with Crippen molar-refractivity contribution in [2.24, 2.45) is 23.2 Å². The lowest BCUT2D eigenvalue weighted by Gasteiger charge is -2.50. The molecule has 2 nitrogen and oxygen atoms in total. The Morgan fingerprint density at radius 2 is 2.09 bits per heavy atom. The van der Waals surface area contributed by atoms with E-state index in [1.165, 1.54) is 37.7 Å². The summed E-state index contributed by atoms with van der Waals surface area (Å²) in [5, 5.41) is 10.5. The zero-order valence-electron chi connectivity index (χ0n) is 14.3. The maximum atomic E-state index is 10.5. The molecule has 2 saturated carbocycles. The fourth-order valence-electron chi connectivity index (χ4n) is 6.22. The van der Waals surface area contributed by atoms with Crippen molar-refractivity contribution in [2.75, 3.05) is 7.11 Å². The molecule has 0 aliphatic heterocycles. The number of ether oxygens (including phenoxy) is 1. The molecule has 0 heterocycles. The predicted molar refractivity (Wildman–Crippen MR) is 93.0 cm³/mol. The number of methoxy groups -OCH3 is 1. The van der Waals surface area contributed by atoms with Gasteiger partial charge in [0.1, 0.15) is 0 Å². The van der Waals surface area contributed by atoms with Crippen molar-refractivity contribution in [3.63, 3.8) is 0 Å². The fourth-order valence-corrected chi connectivity index (χ4v) is 6.22. The highest BCUT2D eigenvalue weighted by atomic mass is 16.5. The Balaban J connectivity index is 1.71. The summed E-state index contributed by atoms with van der Waals surface area (Å²) >= 11 is 0. The summed E-state index contributed by atoms with van der Waals surface area (Å²) in [6, 6.07) is 4.17. The van der Waals surface area contributed by atoms with Crippen LogP contribution in [0.3, 0.4) is 0 Å². The second kappa shape index (κ2) is 5.29. The van der Waals surface area contributed by atoms with E-state index in [4.69, 9.17) is 4.74 Å². The van der Waals surface area contributed by atoms with Crippen molar-refractivity contribution >= 4 is 0 Å². The van der Waals surface area contributed by atoms with Gasteiger partial charge in [0.2, 0.25) is 0 Å². The summed E-state index contributed by atoms with van der Waals surface area (Å²) in [6.07, 6.45) is 9.63. The van der Waals surface area contributed by atoms with Gasteiger partial charge in [0.15, 0.2) is 11.5 Å². The first-order valence-corrected chi connectivity index (χ1v) is 9.11. The SMILES string of the molecule is C=CC1CCC2C3CCc4c(ccc(OC)c4O)C3CCC12C. The van der Waals surface area contributed by atoms with Crippen LogP contribution in [0.5, 0.6) is 11.5 Å². The molecule has 3 aliphatic carbocycles. The van der Waals surface area contributed by atoms with Crippen LogP contribution < -0.4 is 4.74 Å². The lowest BCUT2D eigenvalue weighted by atomic mass is 9.54. The highest BCUT2D eigenvalue weighted by Crippen LogP contribution is 2.63. The van der Waals surface area contributed by atoms with Gasteiger partial charge in [0.25, 0.3) is 0 Å². The molecule has 0 bridgehead atoms. The Hall–Kier alpha value is -1.44. The smallest absolute Gasteiger partial charge is 0.161 e. The first kappa shape index (κ1) is 15.1. The van der Waals surface area contributed by atoms with Crippen molar-refractivity contribution in [1.82, 2.24) is 0 Å². The van der Waals surface area contributed by atoms with Gasteiger partial charge in [-0.3, -0.25) is 0 Å². The zero-order chi connectivity index (χ0) is 16.2. The molecule has 1 N–H and O–H groups in total. The quantitative estimate of drug-likeness (QED) is 0.774. The fraction of sp³-hybridized carbons (Fsp3) is 0.619. The molecule has 3 aliphatic rings. The van der Waals surface area contributed by atoms with Gasteiger partial charge in [-0.25, -0.2) is 0 Å². The van der Waals surface area contributed by atoms with Gasteiger partial charge in [-0.05, 0) is 79.2 Å². The van der Waals surface area contributed by atoms with Gasteiger partial charge in [-0.1, -0.05) is 19.1 Å². The molecule has 124 valence electrons. The van der Waals surface area contributed by atoms with Crippen LogP contribution in [-0.4, -0.2) is 12.2 Å². The first-order valence-electron chi connectivity index (χ1n) is 9.11. The molecule has 0 amide bonds. The minimum Gasteiger partial charge on any atom is -0.504 e. The minimum absolute atomic E-state index is 0.382. The molecule has 5 unspecified atom stereocenters. The Morgan fingerprint density at radius 1 is 1.26 bits per heavy atom. The van der Waals surface area contributed by atoms with Crippen LogP contribution in [0.25, 0.3) is 0 Å². The second-order valence-corrected chi connectivity index (χ2v) is 8.06. The molecule has 1 aromatic carbocycles. The molecule has 0 spiro atoms. The number of hydrogen-bond acceptors (Lipinski definition) is 2. The number of rotatable bonds is 2. The summed E-state index contributed by atoms with van der Waals surface area (Å²) < 4.78 is 5.30. The lowest BCUT2D eigenvalue weighted by molar-refractivity contribution is 0.0407. The highest BCUT2D eigenvalue weighted by molar-refractivity contribution is 5.52. The summed E-state index contributed by atoms with van der Waals surface area (Å²) in [5.41, 5.74) is 2.99. The number of aromatic hydroxyl groups is 1. The van der Waals surface area contributed by atoms with Crippen LogP contribution in [0.1, 0.15) is 56.1 Å². The number of benzene rings is 1. The van der Waals surface area contributed by atoms with E-state index in [-0.39, 0.29) is 0 Å². The van der Waals surface area contributed by atoms with E-state index in [0.29, 0.717) is 28.7 Å². The van der Waals surface area contributed by atoms with E-state index >= 15 is 0 Å². The largest absolute Gasteiger partial charge is 0.504 e. The number of phenolic OH excluding ortho intramolecular Hbond substituents is 1. The Morgan fingerprint density at radius 3 is 2.83 bits per heavy atom. The van der Waals surface area contributed by atoms with Crippen molar-refractivity contribution in [3.8, 4) is 11.5 Å². The van der Waals surface area contributed by atoms with E-state index in [1.807, 2.05) is 6.07 Å².